The number of pyridine rings is 1. The molecule has 0 amide bonds. The summed E-state index contributed by atoms with van der Waals surface area (Å²) in [6, 6.07) is 4.56. The molecule has 0 radical (unpaired) electrons. The first-order valence-electron chi connectivity index (χ1n) is 7.75. The Hall–Kier alpha value is -1.13. The normalized spacial score (nSPS) is 21.5. The summed E-state index contributed by atoms with van der Waals surface area (Å²) >= 11 is 6.32. The Morgan fingerprint density at radius 3 is 2.86 bits per heavy atom. The fourth-order valence-corrected chi connectivity index (χ4v) is 3.37. The second-order valence-electron chi connectivity index (χ2n) is 6.29. The van der Waals surface area contributed by atoms with Crippen molar-refractivity contribution >= 4 is 22.8 Å². The molecule has 0 aromatic carbocycles. The summed E-state index contributed by atoms with van der Waals surface area (Å²) in [6.45, 7) is 9.82. The SMILES string of the molecule is CC(Cl)c1nc2cccnc2n1CC1CCN(C(C)C)C1. The zero-order valence-corrected chi connectivity index (χ0v) is 13.7. The predicted octanol–water partition coefficient (Wildman–Crippen LogP) is 3.46. The molecule has 5 heteroatoms. The van der Waals surface area contributed by atoms with Crippen molar-refractivity contribution in [3.8, 4) is 0 Å². The van der Waals surface area contributed by atoms with Crippen LogP contribution in [-0.4, -0.2) is 38.6 Å². The molecule has 2 atom stereocenters. The molecular formula is C16H23ClN4. The molecular weight excluding hydrogens is 284 g/mol. The molecule has 0 N–H and O–H groups in total. The van der Waals surface area contributed by atoms with Crippen LogP contribution < -0.4 is 0 Å². The molecule has 0 spiro atoms. The Kier molecular flexibility index (Phi) is 4.18. The van der Waals surface area contributed by atoms with Crippen molar-refractivity contribution in [3.63, 3.8) is 0 Å². The van der Waals surface area contributed by atoms with E-state index in [-0.39, 0.29) is 5.38 Å². The van der Waals surface area contributed by atoms with Gasteiger partial charge in [-0.15, -0.1) is 11.6 Å². The third-order valence-electron chi connectivity index (χ3n) is 4.38. The summed E-state index contributed by atoms with van der Waals surface area (Å²) in [7, 11) is 0. The van der Waals surface area contributed by atoms with E-state index in [1.807, 2.05) is 25.3 Å². The third-order valence-corrected chi connectivity index (χ3v) is 4.57. The van der Waals surface area contributed by atoms with Crippen LogP contribution in [0.3, 0.4) is 0 Å². The minimum atomic E-state index is -0.0956. The number of rotatable bonds is 4. The summed E-state index contributed by atoms with van der Waals surface area (Å²) in [6.07, 6.45) is 3.07. The molecule has 1 aliphatic heterocycles. The lowest BCUT2D eigenvalue weighted by Crippen LogP contribution is -2.29. The van der Waals surface area contributed by atoms with E-state index >= 15 is 0 Å². The number of fused-ring (bicyclic) bond motifs is 1. The number of imidazole rings is 1. The van der Waals surface area contributed by atoms with Crippen molar-refractivity contribution in [2.45, 2.75) is 45.2 Å². The molecule has 0 bridgehead atoms. The van der Waals surface area contributed by atoms with Crippen LogP contribution in [0.5, 0.6) is 0 Å². The molecule has 3 heterocycles. The first kappa shape index (κ1) is 14.8. The minimum Gasteiger partial charge on any atom is -0.311 e. The number of likely N-dealkylation sites (tertiary alicyclic amines) is 1. The van der Waals surface area contributed by atoms with Gasteiger partial charge in [-0.3, -0.25) is 0 Å². The highest BCUT2D eigenvalue weighted by Gasteiger charge is 2.26. The Balaban J connectivity index is 1.88. The van der Waals surface area contributed by atoms with E-state index in [0.29, 0.717) is 12.0 Å². The Morgan fingerprint density at radius 1 is 1.38 bits per heavy atom. The van der Waals surface area contributed by atoms with Gasteiger partial charge in [0.1, 0.15) is 11.3 Å². The fourth-order valence-electron chi connectivity index (χ4n) is 3.20. The van der Waals surface area contributed by atoms with Gasteiger partial charge in [0.25, 0.3) is 0 Å². The minimum absolute atomic E-state index is 0.0956. The molecule has 3 rings (SSSR count). The van der Waals surface area contributed by atoms with Gasteiger partial charge in [0.05, 0.1) is 5.38 Å². The Labute approximate surface area is 131 Å². The first-order chi connectivity index (χ1) is 10.1. The maximum atomic E-state index is 6.32. The van der Waals surface area contributed by atoms with Crippen LogP contribution in [0.2, 0.25) is 0 Å². The number of alkyl halides is 1. The number of hydrogen-bond acceptors (Lipinski definition) is 3. The van der Waals surface area contributed by atoms with Crippen molar-refractivity contribution < 1.29 is 0 Å². The number of halogens is 1. The molecule has 0 aliphatic carbocycles. The number of aromatic nitrogens is 3. The average Bonchev–Trinajstić information content (AvgIpc) is 3.05. The molecule has 1 fully saturated rings. The summed E-state index contributed by atoms with van der Waals surface area (Å²) in [5, 5.41) is -0.0956. The van der Waals surface area contributed by atoms with Crippen LogP contribution in [0, 0.1) is 5.92 Å². The lowest BCUT2D eigenvalue weighted by Gasteiger charge is -2.20. The standard InChI is InChI=1S/C16H23ClN4/c1-11(2)20-8-6-13(9-20)10-21-15(12(3)17)19-14-5-4-7-18-16(14)21/h4-5,7,11-13H,6,8-10H2,1-3H3. The highest BCUT2D eigenvalue weighted by molar-refractivity contribution is 6.20. The fraction of sp³-hybridized carbons (Fsp3) is 0.625. The zero-order chi connectivity index (χ0) is 15.0. The smallest absolute Gasteiger partial charge is 0.160 e. The van der Waals surface area contributed by atoms with Crippen molar-refractivity contribution in [1.82, 2.24) is 19.4 Å². The van der Waals surface area contributed by atoms with E-state index in [2.05, 4.69) is 33.3 Å². The highest BCUT2D eigenvalue weighted by Crippen LogP contribution is 2.27. The van der Waals surface area contributed by atoms with E-state index < -0.39 is 0 Å². The van der Waals surface area contributed by atoms with E-state index in [9.17, 15) is 0 Å². The third kappa shape index (κ3) is 2.92. The van der Waals surface area contributed by atoms with Gasteiger partial charge >= 0.3 is 0 Å². The molecule has 2 unspecified atom stereocenters. The van der Waals surface area contributed by atoms with Crippen LogP contribution >= 0.6 is 11.6 Å². The van der Waals surface area contributed by atoms with Crippen LogP contribution in [0.25, 0.3) is 11.2 Å². The van der Waals surface area contributed by atoms with Crippen LogP contribution in [0.4, 0.5) is 0 Å². The Morgan fingerprint density at radius 2 is 2.19 bits per heavy atom. The summed E-state index contributed by atoms with van der Waals surface area (Å²) < 4.78 is 2.22. The topological polar surface area (TPSA) is 34.0 Å². The molecule has 2 aromatic heterocycles. The van der Waals surface area contributed by atoms with Gasteiger partial charge in [0, 0.05) is 25.3 Å². The molecule has 2 aromatic rings. The second-order valence-corrected chi connectivity index (χ2v) is 6.94. The largest absolute Gasteiger partial charge is 0.311 e. The lowest BCUT2D eigenvalue weighted by atomic mass is 10.1. The van der Waals surface area contributed by atoms with Crippen molar-refractivity contribution in [2.24, 2.45) is 5.92 Å². The van der Waals surface area contributed by atoms with Gasteiger partial charge in [0.2, 0.25) is 0 Å². The first-order valence-corrected chi connectivity index (χ1v) is 8.19. The van der Waals surface area contributed by atoms with Gasteiger partial charge < -0.3 is 9.47 Å². The van der Waals surface area contributed by atoms with E-state index in [4.69, 9.17) is 11.6 Å². The summed E-state index contributed by atoms with van der Waals surface area (Å²) in [5.74, 6) is 1.59. The maximum Gasteiger partial charge on any atom is 0.160 e. The predicted molar refractivity (Wildman–Crippen MR) is 86.6 cm³/mol. The molecule has 0 saturated carbocycles. The maximum absolute atomic E-state index is 6.32. The average molecular weight is 307 g/mol. The van der Waals surface area contributed by atoms with Gasteiger partial charge in [-0.1, -0.05) is 0 Å². The van der Waals surface area contributed by atoms with Gasteiger partial charge in [-0.25, -0.2) is 9.97 Å². The van der Waals surface area contributed by atoms with Crippen LogP contribution in [-0.2, 0) is 6.54 Å². The second kappa shape index (κ2) is 5.93. The monoisotopic (exact) mass is 306 g/mol. The zero-order valence-electron chi connectivity index (χ0n) is 13.0. The number of hydrogen-bond donors (Lipinski definition) is 0. The van der Waals surface area contributed by atoms with Gasteiger partial charge in [-0.2, -0.15) is 0 Å². The quantitative estimate of drug-likeness (QED) is 0.811. The van der Waals surface area contributed by atoms with Crippen LogP contribution in [0.1, 0.15) is 38.4 Å². The highest BCUT2D eigenvalue weighted by atomic mass is 35.5. The van der Waals surface area contributed by atoms with Crippen molar-refractivity contribution in [3.05, 3.63) is 24.2 Å². The summed E-state index contributed by atoms with van der Waals surface area (Å²) in [4.78, 5) is 11.7. The van der Waals surface area contributed by atoms with Crippen LogP contribution in [0.15, 0.2) is 18.3 Å². The van der Waals surface area contributed by atoms with E-state index in [0.717, 1.165) is 30.1 Å². The lowest BCUT2D eigenvalue weighted by molar-refractivity contribution is 0.260. The molecule has 4 nitrogen and oxygen atoms in total. The number of nitrogens with zero attached hydrogens (tertiary/aromatic N) is 4. The molecule has 1 aliphatic rings. The molecule has 1 saturated heterocycles. The van der Waals surface area contributed by atoms with E-state index in [1.165, 1.54) is 13.0 Å². The van der Waals surface area contributed by atoms with E-state index in [1.54, 1.807) is 0 Å². The summed E-state index contributed by atoms with van der Waals surface area (Å²) in [5.41, 5.74) is 1.90. The van der Waals surface area contributed by atoms with Crippen molar-refractivity contribution in [1.29, 1.82) is 0 Å². The molecule has 21 heavy (non-hydrogen) atoms. The van der Waals surface area contributed by atoms with Gasteiger partial charge in [0.15, 0.2) is 5.65 Å². The Bertz CT molecular complexity index is 620. The van der Waals surface area contributed by atoms with Gasteiger partial charge in [-0.05, 0) is 51.8 Å². The molecule has 114 valence electrons. The van der Waals surface area contributed by atoms with Crippen molar-refractivity contribution in [2.75, 3.05) is 13.1 Å².